The average molecular weight is 292 g/mol. The van der Waals surface area contributed by atoms with E-state index >= 15 is 0 Å². The lowest BCUT2D eigenvalue weighted by atomic mass is 10.1. The molecule has 0 aromatic carbocycles. The molecule has 7 nitrogen and oxygen atoms in total. The van der Waals surface area contributed by atoms with Crippen molar-refractivity contribution in [2.45, 2.75) is 13.0 Å². The second-order valence-electron chi connectivity index (χ2n) is 5.21. The Labute approximate surface area is 123 Å². The molecule has 0 aliphatic carbocycles. The maximum absolute atomic E-state index is 11.9. The van der Waals surface area contributed by atoms with Crippen molar-refractivity contribution >= 4 is 11.7 Å². The van der Waals surface area contributed by atoms with Crippen molar-refractivity contribution in [3.05, 3.63) is 18.1 Å². The third kappa shape index (κ3) is 3.68. The first-order chi connectivity index (χ1) is 10.3. The quantitative estimate of drug-likeness (QED) is 0.839. The highest BCUT2D eigenvalue weighted by Crippen LogP contribution is 2.13. The number of anilines is 1. The Balaban J connectivity index is 1.56. The number of aromatic nitrogens is 2. The van der Waals surface area contributed by atoms with E-state index in [2.05, 4.69) is 20.2 Å². The third-order valence-electron chi connectivity index (χ3n) is 3.75. The van der Waals surface area contributed by atoms with Gasteiger partial charge in [-0.2, -0.15) is 0 Å². The van der Waals surface area contributed by atoms with Crippen LogP contribution in [0.25, 0.3) is 0 Å². The number of rotatable bonds is 4. The summed E-state index contributed by atoms with van der Waals surface area (Å²) in [7, 11) is 0. The SMILES string of the molecule is O=C(NCc1nccc(N2CCOCC2)n1)C1CCOC1. The number of morpholine rings is 1. The fourth-order valence-electron chi connectivity index (χ4n) is 2.49. The molecular formula is C14H20N4O3. The number of hydrogen-bond acceptors (Lipinski definition) is 6. The Morgan fingerprint density at radius 1 is 1.33 bits per heavy atom. The molecule has 1 aromatic rings. The number of nitrogens with one attached hydrogen (secondary N) is 1. The summed E-state index contributed by atoms with van der Waals surface area (Å²) < 4.78 is 10.6. The van der Waals surface area contributed by atoms with Gasteiger partial charge in [-0.3, -0.25) is 4.79 Å². The lowest BCUT2D eigenvalue weighted by Crippen LogP contribution is -2.37. The van der Waals surface area contributed by atoms with E-state index in [1.165, 1.54) is 0 Å². The molecule has 2 aliphatic heterocycles. The summed E-state index contributed by atoms with van der Waals surface area (Å²) in [6, 6.07) is 1.89. The van der Waals surface area contributed by atoms with Crippen molar-refractivity contribution in [3.63, 3.8) is 0 Å². The molecule has 0 spiro atoms. The second-order valence-corrected chi connectivity index (χ2v) is 5.21. The normalized spacial score (nSPS) is 22.3. The molecule has 0 radical (unpaired) electrons. The molecule has 7 heteroatoms. The smallest absolute Gasteiger partial charge is 0.225 e. The van der Waals surface area contributed by atoms with Crippen molar-refractivity contribution < 1.29 is 14.3 Å². The molecule has 2 aliphatic rings. The van der Waals surface area contributed by atoms with E-state index in [1.807, 2.05) is 6.07 Å². The lowest BCUT2D eigenvalue weighted by molar-refractivity contribution is -0.125. The van der Waals surface area contributed by atoms with E-state index in [0.717, 1.165) is 38.5 Å². The minimum Gasteiger partial charge on any atom is -0.381 e. The van der Waals surface area contributed by atoms with Crippen molar-refractivity contribution in [1.82, 2.24) is 15.3 Å². The van der Waals surface area contributed by atoms with Crippen LogP contribution in [0.1, 0.15) is 12.2 Å². The van der Waals surface area contributed by atoms with Gasteiger partial charge in [0.2, 0.25) is 5.91 Å². The summed E-state index contributed by atoms with van der Waals surface area (Å²) in [5.74, 6) is 1.51. The molecule has 21 heavy (non-hydrogen) atoms. The first-order valence-corrected chi connectivity index (χ1v) is 7.33. The molecule has 3 rings (SSSR count). The van der Waals surface area contributed by atoms with Crippen molar-refractivity contribution in [1.29, 1.82) is 0 Å². The van der Waals surface area contributed by atoms with E-state index in [0.29, 0.717) is 25.6 Å². The van der Waals surface area contributed by atoms with Gasteiger partial charge in [0.05, 0.1) is 32.3 Å². The summed E-state index contributed by atoms with van der Waals surface area (Å²) in [5, 5.41) is 2.88. The van der Waals surface area contributed by atoms with Gasteiger partial charge in [-0.05, 0) is 12.5 Å². The lowest BCUT2D eigenvalue weighted by Gasteiger charge is -2.27. The predicted molar refractivity (Wildman–Crippen MR) is 75.8 cm³/mol. The highest BCUT2D eigenvalue weighted by molar-refractivity contribution is 5.78. The van der Waals surface area contributed by atoms with Crippen LogP contribution in [-0.2, 0) is 20.8 Å². The van der Waals surface area contributed by atoms with Crippen molar-refractivity contribution in [2.24, 2.45) is 5.92 Å². The Morgan fingerprint density at radius 2 is 2.19 bits per heavy atom. The number of hydrogen-bond donors (Lipinski definition) is 1. The van der Waals surface area contributed by atoms with Crippen molar-refractivity contribution in [3.8, 4) is 0 Å². The fourth-order valence-corrected chi connectivity index (χ4v) is 2.49. The summed E-state index contributed by atoms with van der Waals surface area (Å²) in [6.45, 7) is 4.65. The van der Waals surface area contributed by atoms with Gasteiger partial charge in [0.1, 0.15) is 11.6 Å². The van der Waals surface area contributed by atoms with Gasteiger partial charge < -0.3 is 19.7 Å². The van der Waals surface area contributed by atoms with Gasteiger partial charge in [0.15, 0.2) is 0 Å². The first-order valence-electron chi connectivity index (χ1n) is 7.33. The first kappa shape index (κ1) is 14.2. The largest absolute Gasteiger partial charge is 0.381 e. The molecule has 1 amide bonds. The van der Waals surface area contributed by atoms with Gasteiger partial charge in [0.25, 0.3) is 0 Å². The van der Waals surface area contributed by atoms with Gasteiger partial charge in [0, 0.05) is 25.9 Å². The van der Waals surface area contributed by atoms with E-state index in [9.17, 15) is 4.79 Å². The molecule has 2 saturated heterocycles. The summed E-state index contributed by atoms with van der Waals surface area (Å²) >= 11 is 0. The molecule has 1 atom stereocenters. The maximum atomic E-state index is 11.9. The molecule has 1 aromatic heterocycles. The zero-order chi connectivity index (χ0) is 14.5. The monoisotopic (exact) mass is 292 g/mol. The Kier molecular flexibility index (Phi) is 4.62. The van der Waals surface area contributed by atoms with Gasteiger partial charge in [-0.15, -0.1) is 0 Å². The number of carbonyl (C=O) groups is 1. The van der Waals surface area contributed by atoms with E-state index < -0.39 is 0 Å². The van der Waals surface area contributed by atoms with Gasteiger partial charge in [-0.25, -0.2) is 9.97 Å². The van der Waals surface area contributed by atoms with Crippen LogP contribution in [0.2, 0.25) is 0 Å². The molecule has 0 bridgehead atoms. The molecule has 3 heterocycles. The molecular weight excluding hydrogens is 272 g/mol. The second kappa shape index (κ2) is 6.82. The molecule has 2 fully saturated rings. The predicted octanol–water partition coefficient (Wildman–Crippen LogP) is -0.0341. The minimum atomic E-state index is -0.0348. The average Bonchev–Trinajstić information content (AvgIpc) is 3.08. The highest BCUT2D eigenvalue weighted by Gasteiger charge is 2.23. The van der Waals surface area contributed by atoms with Crippen LogP contribution >= 0.6 is 0 Å². The summed E-state index contributed by atoms with van der Waals surface area (Å²) in [6.07, 6.45) is 2.53. The summed E-state index contributed by atoms with van der Waals surface area (Å²) in [4.78, 5) is 22.8. The number of amides is 1. The van der Waals surface area contributed by atoms with Crippen LogP contribution in [0.4, 0.5) is 5.82 Å². The van der Waals surface area contributed by atoms with Crippen LogP contribution in [0.15, 0.2) is 12.3 Å². The van der Waals surface area contributed by atoms with Crippen LogP contribution in [-0.4, -0.2) is 55.4 Å². The molecule has 0 saturated carbocycles. The standard InChI is InChI=1S/C14H20N4O3/c19-14(11-2-6-21-10-11)16-9-12-15-3-1-13(17-12)18-4-7-20-8-5-18/h1,3,11H,2,4-10H2,(H,16,19). The van der Waals surface area contributed by atoms with Crippen LogP contribution in [0.5, 0.6) is 0 Å². The zero-order valence-corrected chi connectivity index (χ0v) is 12.0. The van der Waals surface area contributed by atoms with Crippen LogP contribution < -0.4 is 10.2 Å². The number of carbonyl (C=O) groups excluding carboxylic acids is 1. The van der Waals surface area contributed by atoms with E-state index in [4.69, 9.17) is 9.47 Å². The summed E-state index contributed by atoms with van der Waals surface area (Å²) in [5.41, 5.74) is 0. The highest BCUT2D eigenvalue weighted by atomic mass is 16.5. The van der Waals surface area contributed by atoms with Crippen LogP contribution in [0.3, 0.4) is 0 Å². The zero-order valence-electron chi connectivity index (χ0n) is 12.0. The topological polar surface area (TPSA) is 76.6 Å². The van der Waals surface area contributed by atoms with Crippen LogP contribution in [0, 0.1) is 5.92 Å². The fraction of sp³-hybridized carbons (Fsp3) is 0.643. The number of nitrogens with zero attached hydrogens (tertiary/aromatic N) is 3. The minimum absolute atomic E-state index is 0.0212. The third-order valence-corrected chi connectivity index (χ3v) is 3.75. The number of ether oxygens (including phenoxy) is 2. The maximum Gasteiger partial charge on any atom is 0.225 e. The van der Waals surface area contributed by atoms with E-state index in [-0.39, 0.29) is 11.8 Å². The molecule has 1 N–H and O–H groups in total. The molecule has 114 valence electrons. The Bertz CT molecular complexity index is 485. The molecule has 1 unspecified atom stereocenters. The Morgan fingerprint density at radius 3 is 2.95 bits per heavy atom. The van der Waals surface area contributed by atoms with Crippen molar-refractivity contribution in [2.75, 3.05) is 44.4 Å². The van der Waals surface area contributed by atoms with Gasteiger partial charge >= 0.3 is 0 Å². The Hall–Kier alpha value is -1.73. The van der Waals surface area contributed by atoms with Gasteiger partial charge in [-0.1, -0.05) is 0 Å². The van der Waals surface area contributed by atoms with E-state index in [1.54, 1.807) is 6.20 Å².